The Labute approximate surface area is 199 Å². The minimum Gasteiger partial charge on any atom is -0.447 e. The number of hydrogen-bond acceptors (Lipinski definition) is 7. The van der Waals surface area contributed by atoms with Crippen LogP contribution in [0.5, 0.6) is 0 Å². The summed E-state index contributed by atoms with van der Waals surface area (Å²) in [7, 11) is -3.65. The molecule has 1 fully saturated rings. The van der Waals surface area contributed by atoms with Crippen molar-refractivity contribution in [2.75, 3.05) is 21.5 Å². The average molecular weight is 482 g/mol. The first-order valence-electron chi connectivity index (χ1n) is 11.0. The van der Waals surface area contributed by atoms with Crippen molar-refractivity contribution in [2.24, 2.45) is 5.92 Å². The van der Waals surface area contributed by atoms with Gasteiger partial charge in [-0.2, -0.15) is 4.98 Å². The second kappa shape index (κ2) is 9.68. The zero-order valence-corrected chi connectivity index (χ0v) is 20.0. The molecule has 2 atom stereocenters. The summed E-state index contributed by atoms with van der Waals surface area (Å²) in [6.07, 6.45) is 1.19. The van der Waals surface area contributed by atoms with Gasteiger partial charge in [0, 0.05) is 11.9 Å². The predicted molar refractivity (Wildman–Crippen MR) is 130 cm³/mol. The molecule has 0 bridgehead atoms. The van der Waals surface area contributed by atoms with E-state index in [2.05, 4.69) is 20.0 Å². The molecular weight excluding hydrogens is 454 g/mol. The smallest absolute Gasteiger partial charge is 0.415 e. The van der Waals surface area contributed by atoms with Crippen LogP contribution < -0.4 is 14.9 Å². The molecule has 1 aliphatic heterocycles. The molecule has 3 aromatic rings. The van der Waals surface area contributed by atoms with Crippen LogP contribution in [-0.2, 0) is 14.8 Å². The number of anilines is 3. The van der Waals surface area contributed by atoms with Crippen molar-refractivity contribution >= 4 is 33.6 Å². The first kappa shape index (κ1) is 23.5. The van der Waals surface area contributed by atoms with Crippen molar-refractivity contribution in [1.29, 1.82) is 0 Å². The molecule has 1 saturated heterocycles. The average Bonchev–Trinajstić information content (AvgIpc) is 3.22. The summed E-state index contributed by atoms with van der Waals surface area (Å²) in [6.45, 7) is 6.34. The van der Waals surface area contributed by atoms with Gasteiger partial charge in [0.15, 0.2) is 0 Å². The Balaban J connectivity index is 1.45. The van der Waals surface area contributed by atoms with Crippen molar-refractivity contribution in [3.8, 4) is 0 Å². The molecule has 0 aliphatic carbocycles. The van der Waals surface area contributed by atoms with E-state index in [1.165, 1.54) is 0 Å². The molecule has 1 aromatic heterocycles. The van der Waals surface area contributed by atoms with E-state index in [0.29, 0.717) is 24.1 Å². The molecule has 0 saturated carbocycles. The molecule has 9 nitrogen and oxygen atoms in total. The van der Waals surface area contributed by atoms with E-state index in [1.54, 1.807) is 59.6 Å². The molecule has 1 amide bonds. The second-order valence-electron chi connectivity index (χ2n) is 8.40. The standard InChI is InChI=1S/C24H27N5O4S/c1-16(2)21-15-33-24(30)29(21)22-13-14-25-23(27-22)26-17(3)18-9-11-19(12-10-18)28-34(31,32)20-7-5-4-6-8-20/h4-14,16-17,21,28H,15H2,1-3H3,(H,25,26,27)/t17-,21+/m0/s1. The molecule has 0 unspecified atom stereocenters. The van der Waals surface area contributed by atoms with E-state index in [9.17, 15) is 13.2 Å². The SMILES string of the molecule is CC(C)[C@H]1COC(=O)N1c1ccnc(N[C@@H](C)c2ccc(NS(=O)(=O)c3ccccc3)cc2)n1. The van der Waals surface area contributed by atoms with Gasteiger partial charge in [-0.15, -0.1) is 0 Å². The minimum absolute atomic E-state index is 0.0834. The highest BCUT2D eigenvalue weighted by Gasteiger charge is 2.37. The molecule has 1 aliphatic rings. The number of nitrogens with one attached hydrogen (secondary N) is 2. The molecular formula is C24H27N5O4S. The van der Waals surface area contributed by atoms with E-state index in [1.807, 2.05) is 32.9 Å². The fourth-order valence-corrected chi connectivity index (χ4v) is 4.75. The fourth-order valence-electron chi connectivity index (χ4n) is 3.67. The third kappa shape index (κ3) is 5.12. The van der Waals surface area contributed by atoms with E-state index < -0.39 is 16.1 Å². The van der Waals surface area contributed by atoms with Crippen molar-refractivity contribution in [3.63, 3.8) is 0 Å². The second-order valence-corrected chi connectivity index (χ2v) is 10.1. The lowest BCUT2D eigenvalue weighted by molar-refractivity contribution is 0.177. The molecule has 0 spiro atoms. The van der Waals surface area contributed by atoms with Gasteiger partial charge >= 0.3 is 6.09 Å². The largest absolute Gasteiger partial charge is 0.447 e. The molecule has 34 heavy (non-hydrogen) atoms. The van der Waals surface area contributed by atoms with Gasteiger partial charge in [-0.3, -0.25) is 9.62 Å². The number of hydrogen-bond donors (Lipinski definition) is 2. The van der Waals surface area contributed by atoms with E-state index in [-0.39, 0.29) is 22.9 Å². The van der Waals surface area contributed by atoms with Gasteiger partial charge in [0.25, 0.3) is 10.0 Å². The van der Waals surface area contributed by atoms with Gasteiger partial charge in [0.05, 0.1) is 17.0 Å². The number of aromatic nitrogens is 2. The summed E-state index contributed by atoms with van der Waals surface area (Å²) < 4.78 is 32.8. The maximum absolute atomic E-state index is 12.5. The van der Waals surface area contributed by atoms with Gasteiger partial charge < -0.3 is 10.1 Å². The predicted octanol–water partition coefficient (Wildman–Crippen LogP) is 4.43. The molecule has 10 heteroatoms. The van der Waals surface area contributed by atoms with Crippen LogP contribution >= 0.6 is 0 Å². The third-order valence-corrected chi connectivity index (χ3v) is 7.02. The van der Waals surface area contributed by atoms with Crippen LogP contribution in [-0.4, -0.2) is 37.1 Å². The number of carbonyl (C=O) groups is 1. The molecule has 2 aromatic carbocycles. The van der Waals surface area contributed by atoms with Gasteiger partial charge in [-0.25, -0.2) is 18.2 Å². The number of sulfonamides is 1. The number of benzene rings is 2. The first-order valence-corrected chi connectivity index (χ1v) is 12.5. The van der Waals surface area contributed by atoms with E-state index in [4.69, 9.17) is 4.74 Å². The summed E-state index contributed by atoms with van der Waals surface area (Å²) in [6, 6.07) is 16.7. The number of carbonyl (C=O) groups excluding carboxylic acids is 1. The van der Waals surface area contributed by atoms with Gasteiger partial charge in [-0.1, -0.05) is 44.2 Å². The van der Waals surface area contributed by atoms with E-state index in [0.717, 1.165) is 5.56 Å². The maximum atomic E-state index is 12.5. The van der Waals surface area contributed by atoms with Gasteiger partial charge in [0.1, 0.15) is 12.4 Å². The van der Waals surface area contributed by atoms with Gasteiger partial charge in [-0.05, 0) is 48.7 Å². The Hall–Kier alpha value is -3.66. The Morgan fingerprint density at radius 3 is 2.41 bits per heavy atom. The highest BCUT2D eigenvalue weighted by molar-refractivity contribution is 7.92. The Bertz CT molecular complexity index is 1250. The summed E-state index contributed by atoms with van der Waals surface area (Å²) in [5.74, 6) is 1.08. The van der Waals surface area contributed by atoms with Crippen molar-refractivity contribution in [2.45, 2.75) is 37.8 Å². The topological polar surface area (TPSA) is 114 Å². The Kier molecular flexibility index (Phi) is 6.69. The normalized spacial score (nSPS) is 16.9. The zero-order chi connectivity index (χ0) is 24.3. The van der Waals surface area contributed by atoms with Crippen LogP contribution in [0.3, 0.4) is 0 Å². The zero-order valence-electron chi connectivity index (χ0n) is 19.2. The monoisotopic (exact) mass is 481 g/mol. The Morgan fingerprint density at radius 2 is 1.74 bits per heavy atom. The first-order chi connectivity index (χ1) is 16.2. The van der Waals surface area contributed by atoms with Crippen molar-refractivity contribution in [3.05, 3.63) is 72.4 Å². The lowest BCUT2D eigenvalue weighted by Gasteiger charge is -2.23. The van der Waals surface area contributed by atoms with Crippen LogP contribution in [0.4, 0.5) is 22.2 Å². The third-order valence-electron chi connectivity index (χ3n) is 5.63. The Morgan fingerprint density at radius 1 is 1.03 bits per heavy atom. The quantitative estimate of drug-likeness (QED) is 0.489. The van der Waals surface area contributed by atoms with Crippen LogP contribution in [0.25, 0.3) is 0 Å². The summed E-state index contributed by atoms with van der Waals surface area (Å²) in [5.41, 5.74) is 1.38. The minimum atomic E-state index is -3.65. The number of amides is 1. The maximum Gasteiger partial charge on any atom is 0.415 e. The number of nitrogens with zero attached hydrogens (tertiary/aromatic N) is 3. The van der Waals surface area contributed by atoms with Crippen LogP contribution in [0.15, 0.2) is 71.8 Å². The lowest BCUT2D eigenvalue weighted by atomic mass is 10.0. The molecule has 2 heterocycles. The molecule has 2 N–H and O–H groups in total. The molecule has 178 valence electrons. The van der Waals surface area contributed by atoms with Crippen LogP contribution in [0.2, 0.25) is 0 Å². The van der Waals surface area contributed by atoms with Gasteiger partial charge in [0.2, 0.25) is 5.95 Å². The van der Waals surface area contributed by atoms with E-state index >= 15 is 0 Å². The number of rotatable bonds is 8. The van der Waals surface area contributed by atoms with Crippen LogP contribution in [0, 0.1) is 5.92 Å². The van der Waals surface area contributed by atoms with Crippen molar-refractivity contribution in [1.82, 2.24) is 9.97 Å². The summed E-state index contributed by atoms with van der Waals surface area (Å²) in [5, 5.41) is 3.23. The highest BCUT2D eigenvalue weighted by atomic mass is 32.2. The lowest BCUT2D eigenvalue weighted by Crippen LogP contribution is -2.37. The summed E-state index contributed by atoms with van der Waals surface area (Å²) in [4.78, 5) is 22.8. The highest BCUT2D eigenvalue weighted by Crippen LogP contribution is 2.27. The molecule has 0 radical (unpaired) electrons. The number of ether oxygens (including phenoxy) is 1. The fraction of sp³-hybridized carbons (Fsp3) is 0.292. The van der Waals surface area contributed by atoms with Crippen LogP contribution in [0.1, 0.15) is 32.4 Å². The van der Waals surface area contributed by atoms with Crippen molar-refractivity contribution < 1.29 is 17.9 Å². The summed E-state index contributed by atoms with van der Waals surface area (Å²) >= 11 is 0. The molecule has 4 rings (SSSR count). The number of cyclic esters (lactones) is 1.